The summed E-state index contributed by atoms with van der Waals surface area (Å²) in [6.07, 6.45) is 1.52. The minimum Gasteiger partial charge on any atom is -0.624 e. The number of hydrogen-bond donors (Lipinski definition) is 0. The number of hydrogen-bond acceptors (Lipinski definition) is 3. The van der Waals surface area contributed by atoms with Gasteiger partial charge < -0.3 is 5.21 Å². The zero-order chi connectivity index (χ0) is 20.4. The number of hydroxylamine groups is 1. The van der Waals surface area contributed by atoms with E-state index in [1.807, 2.05) is 36.4 Å². The van der Waals surface area contributed by atoms with Crippen molar-refractivity contribution in [3.8, 4) is 16.9 Å². The topological polar surface area (TPSA) is 61.0 Å². The Labute approximate surface area is 166 Å². The summed E-state index contributed by atoms with van der Waals surface area (Å²) in [5.41, 5.74) is 2.31. The monoisotopic (exact) mass is 387 g/mol. The molecule has 1 aromatic heterocycles. The number of fused-ring (bicyclic) bond motifs is 1. The fourth-order valence-corrected chi connectivity index (χ4v) is 3.18. The van der Waals surface area contributed by atoms with Crippen LogP contribution in [0.1, 0.15) is 12.5 Å². The highest BCUT2D eigenvalue weighted by molar-refractivity contribution is 5.94. The van der Waals surface area contributed by atoms with Crippen LogP contribution in [0.15, 0.2) is 77.6 Å². The molecule has 0 bridgehead atoms. The molecule has 0 amide bonds. The van der Waals surface area contributed by atoms with Crippen molar-refractivity contribution in [2.45, 2.75) is 6.92 Å². The molecule has 0 saturated carbocycles. The molecule has 144 valence electrons. The van der Waals surface area contributed by atoms with Crippen LogP contribution in [0.2, 0.25) is 0 Å². The number of aromatic nitrogens is 2. The van der Waals surface area contributed by atoms with E-state index < -0.39 is 0 Å². The van der Waals surface area contributed by atoms with Crippen molar-refractivity contribution in [1.82, 2.24) is 9.78 Å². The highest BCUT2D eigenvalue weighted by Crippen LogP contribution is 2.26. The van der Waals surface area contributed by atoms with Gasteiger partial charge in [-0.3, -0.25) is 4.79 Å². The predicted molar refractivity (Wildman–Crippen MR) is 112 cm³/mol. The second-order valence-electron chi connectivity index (χ2n) is 6.58. The van der Waals surface area contributed by atoms with Gasteiger partial charge >= 0.3 is 0 Å². The average Bonchev–Trinajstić information content (AvgIpc) is 2.75. The van der Waals surface area contributed by atoms with Gasteiger partial charge in [0.2, 0.25) is 0 Å². The summed E-state index contributed by atoms with van der Waals surface area (Å²) in [6, 6.07) is 20.3. The summed E-state index contributed by atoms with van der Waals surface area (Å²) in [5.74, 6) is -0.385. The van der Waals surface area contributed by atoms with Gasteiger partial charge in [0.05, 0.1) is 16.8 Å². The summed E-state index contributed by atoms with van der Waals surface area (Å²) in [6.45, 7) is 2.13. The SMILES string of the molecule is CC/[N+]([O-])=C/c1cccc(-c2nn(-c3ccc(F)cc3)c(=O)c3ccccc23)c1. The molecule has 0 unspecified atom stereocenters. The van der Waals surface area contributed by atoms with Crippen LogP contribution >= 0.6 is 0 Å². The maximum absolute atomic E-state index is 13.3. The molecule has 1 heterocycles. The van der Waals surface area contributed by atoms with Gasteiger partial charge in [-0.05, 0) is 49.4 Å². The van der Waals surface area contributed by atoms with Crippen LogP contribution in [0, 0.1) is 11.0 Å². The molecule has 4 rings (SSSR count). The Morgan fingerprint density at radius 2 is 1.76 bits per heavy atom. The fraction of sp³-hybridized carbons (Fsp3) is 0.0870. The first-order valence-electron chi connectivity index (χ1n) is 9.24. The average molecular weight is 387 g/mol. The molecule has 0 aliphatic heterocycles. The summed E-state index contributed by atoms with van der Waals surface area (Å²) in [4.78, 5) is 13.0. The first-order valence-corrected chi connectivity index (χ1v) is 9.24. The van der Waals surface area contributed by atoms with Gasteiger partial charge in [-0.1, -0.05) is 30.3 Å². The van der Waals surface area contributed by atoms with Crippen molar-refractivity contribution in [1.29, 1.82) is 0 Å². The standard InChI is InChI=1S/C23H18FN3O2/c1-2-26(29)15-16-6-5-7-17(14-16)22-20-8-3-4-9-21(20)23(28)27(25-22)19-12-10-18(24)11-13-19/h3-15H,2H2,1H3/b26-15-. The Morgan fingerprint density at radius 3 is 2.48 bits per heavy atom. The normalized spacial score (nSPS) is 11.7. The van der Waals surface area contributed by atoms with E-state index in [2.05, 4.69) is 5.10 Å². The van der Waals surface area contributed by atoms with Crippen LogP contribution < -0.4 is 5.56 Å². The summed E-state index contributed by atoms with van der Waals surface area (Å²) < 4.78 is 15.5. The first kappa shape index (κ1) is 18.6. The Hall–Kier alpha value is -3.80. The fourth-order valence-electron chi connectivity index (χ4n) is 3.18. The molecule has 0 spiro atoms. The molecular formula is C23H18FN3O2. The number of benzene rings is 3. The van der Waals surface area contributed by atoms with E-state index >= 15 is 0 Å². The van der Waals surface area contributed by atoms with Gasteiger partial charge in [0, 0.05) is 16.5 Å². The smallest absolute Gasteiger partial charge is 0.279 e. The third-order valence-corrected chi connectivity index (χ3v) is 4.64. The number of rotatable bonds is 4. The maximum Gasteiger partial charge on any atom is 0.279 e. The molecule has 29 heavy (non-hydrogen) atoms. The van der Waals surface area contributed by atoms with Gasteiger partial charge in [-0.15, -0.1) is 0 Å². The quantitative estimate of drug-likeness (QED) is 0.229. The van der Waals surface area contributed by atoms with Gasteiger partial charge in [0.25, 0.3) is 5.56 Å². The molecule has 0 N–H and O–H groups in total. The van der Waals surface area contributed by atoms with Crippen molar-refractivity contribution in [3.63, 3.8) is 0 Å². The minimum atomic E-state index is -0.385. The van der Waals surface area contributed by atoms with E-state index in [1.54, 1.807) is 19.1 Å². The lowest BCUT2D eigenvalue weighted by Crippen LogP contribution is -2.22. The molecule has 4 aromatic rings. The van der Waals surface area contributed by atoms with Crippen LogP contribution in [-0.2, 0) is 0 Å². The maximum atomic E-state index is 13.3. The molecule has 5 nitrogen and oxygen atoms in total. The van der Waals surface area contributed by atoms with Crippen LogP contribution in [0.4, 0.5) is 4.39 Å². The molecular weight excluding hydrogens is 369 g/mol. The van der Waals surface area contributed by atoms with E-state index in [0.29, 0.717) is 28.7 Å². The first-order chi connectivity index (χ1) is 14.1. The number of halogens is 1. The van der Waals surface area contributed by atoms with Crippen molar-refractivity contribution in [3.05, 3.63) is 99.7 Å². The summed E-state index contributed by atoms with van der Waals surface area (Å²) >= 11 is 0. The van der Waals surface area contributed by atoms with Crippen molar-refractivity contribution in [2.24, 2.45) is 0 Å². The number of nitrogens with zero attached hydrogens (tertiary/aromatic N) is 3. The van der Waals surface area contributed by atoms with Gasteiger partial charge in [-0.2, -0.15) is 9.78 Å². The molecule has 3 aromatic carbocycles. The lowest BCUT2D eigenvalue weighted by molar-refractivity contribution is -0.447. The molecule has 0 aliphatic carbocycles. The predicted octanol–water partition coefficient (Wildman–Crippen LogP) is 4.14. The Kier molecular flexibility index (Phi) is 4.91. The van der Waals surface area contributed by atoms with E-state index in [4.69, 9.17) is 0 Å². The molecule has 6 heteroatoms. The molecule has 0 saturated heterocycles. The zero-order valence-electron chi connectivity index (χ0n) is 15.7. The summed E-state index contributed by atoms with van der Waals surface area (Å²) in [5, 5.41) is 17.5. The second kappa shape index (κ2) is 7.67. The Bertz CT molecular complexity index is 1280. The van der Waals surface area contributed by atoms with Crippen LogP contribution in [0.3, 0.4) is 0 Å². The highest BCUT2D eigenvalue weighted by Gasteiger charge is 2.14. The van der Waals surface area contributed by atoms with E-state index in [9.17, 15) is 14.4 Å². The van der Waals surface area contributed by atoms with Crippen molar-refractivity contribution < 1.29 is 9.13 Å². The molecule has 0 aliphatic rings. The van der Waals surface area contributed by atoms with Crippen LogP contribution in [-0.4, -0.2) is 27.3 Å². The lowest BCUT2D eigenvalue weighted by atomic mass is 10.0. The van der Waals surface area contributed by atoms with Gasteiger partial charge in [0.1, 0.15) is 5.82 Å². The van der Waals surface area contributed by atoms with E-state index in [-0.39, 0.29) is 11.4 Å². The van der Waals surface area contributed by atoms with Gasteiger partial charge in [0.15, 0.2) is 12.8 Å². The zero-order valence-corrected chi connectivity index (χ0v) is 15.7. The van der Waals surface area contributed by atoms with Crippen molar-refractivity contribution >= 4 is 17.0 Å². The van der Waals surface area contributed by atoms with Crippen LogP contribution in [0.25, 0.3) is 27.7 Å². The third-order valence-electron chi connectivity index (χ3n) is 4.64. The molecule has 0 radical (unpaired) electrons. The minimum absolute atomic E-state index is 0.282. The molecule has 0 fully saturated rings. The Balaban J connectivity index is 1.98. The van der Waals surface area contributed by atoms with Crippen molar-refractivity contribution in [2.75, 3.05) is 6.54 Å². The van der Waals surface area contributed by atoms with Crippen LogP contribution in [0.5, 0.6) is 0 Å². The third kappa shape index (κ3) is 3.65. The summed E-state index contributed by atoms with van der Waals surface area (Å²) in [7, 11) is 0. The molecule has 0 atom stereocenters. The Morgan fingerprint density at radius 1 is 1.03 bits per heavy atom. The second-order valence-corrected chi connectivity index (χ2v) is 6.58. The highest BCUT2D eigenvalue weighted by atomic mass is 19.1. The van der Waals surface area contributed by atoms with Gasteiger partial charge in [-0.25, -0.2) is 9.13 Å². The van der Waals surface area contributed by atoms with E-state index in [0.717, 1.165) is 15.9 Å². The largest absolute Gasteiger partial charge is 0.624 e. The van der Waals surface area contributed by atoms with E-state index in [1.165, 1.54) is 35.2 Å². The lowest BCUT2D eigenvalue weighted by Gasteiger charge is -2.12.